The maximum atomic E-state index is 12.5. The molecule has 2 heterocycles. The number of anilines is 1. The molecule has 30 heavy (non-hydrogen) atoms. The number of benzene rings is 2. The van der Waals surface area contributed by atoms with Gasteiger partial charge in [-0.2, -0.15) is 0 Å². The van der Waals surface area contributed by atoms with Crippen molar-refractivity contribution in [1.82, 2.24) is 19.3 Å². The van der Waals surface area contributed by atoms with Crippen molar-refractivity contribution >= 4 is 34.3 Å². The number of aryl methyl sites for hydroxylation is 3. The third-order valence-electron chi connectivity index (χ3n) is 5.28. The van der Waals surface area contributed by atoms with Gasteiger partial charge in [0.1, 0.15) is 0 Å². The second-order valence-corrected chi connectivity index (χ2v) is 8.26. The topological polar surface area (TPSA) is 64.7 Å². The summed E-state index contributed by atoms with van der Waals surface area (Å²) < 4.78 is 4.17. The number of carbonyl (C=O) groups is 1. The summed E-state index contributed by atoms with van der Waals surface area (Å²) in [7, 11) is 1.94. The first-order valence-corrected chi connectivity index (χ1v) is 10.9. The normalized spacial score (nSPS) is 11.2. The number of hydrogen-bond acceptors (Lipinski definition) is 4. The summed E-state index contributed by atoms with van der Waals surface area (Å²) in [5.41, 5.74) is 5.23. The molecule has 4 aromatic rings. The molecule has 0 aliphatic rings. The number of nitrogens with zero attached hydrogens (tertiary/aromatic N) is 4. The zero-order chi connectivity index (χ0) is 21.3. The van der Waals surface area contributed by atoms with Crippen molar-refractivity contribution in [2.45, 2.75) is 32.5 Å². The van der Waals surface area contributed by atoms with Gasteiger partial charge < -0.3 is 14.5 Å². The van der Waals surface area contributed by atoms with E-state index in [-0.39, 0.29) is 11.7 Å². The van der Waals surface area contributed by atoms with Crippen LogP contribution < -0.4 is 5.32 Å². The van der Waals surface area contributed by atoms with Gasteiger partial charge in [0.25, 0.3) is 0 Å². The Hall–Kier alpha value is -3.06. The fraction of sp³-hybridized carbons (Fsp3) is 0.261. The largest absolute Gasteiger partial charge is 0.347 e. The van der Waals surface area contributed by atoms with Crippen LogP contribution >= 0.6 is 11.8 Å². The fourth-order valence-electron chi connectivity index (χ4n) is 3.68. The molecule has 0 atom stereocenters. The molecule has 0 radical (unpaired) electrons. The van der Waals surface area contributed by atoms with E-state index < -0.39 is 0 Å². The highest BCUT2D eigenvalue weighted by atomic mass is 32.2. The van der Waals surface area contributed by atoms with E-state index in [9.17, 15) is 4.79 Å². The van der Waals surface area contributed by atoms with Crippen molar-refractivity contribution < 1.29 is 4.79 Å². The van der Waals surface area contributed by atoms with Crippen molar-refractivity contribution in [3.8, 4) is 11.4 Å². The van der Waals surface area contributed by atoms with Gasteiger partial charge in [-0.25, -0.2) is 0 Å². The van der Waals surface area contributed by atoms with Crippen LogP contribution in [0.5, 0.6) is 0 Å². The van der Waals surface area contributed by atoms with Crippen LogP contribution in [-0.2, 0) is 18.4 Å². The lowest BCUT2D eigenvalue weighted by Gasteiger charge is -2.11. The average molecular weight is 420 g/mol. The summed E-state index contributed by atoms with van der Waals surface area (Å²) in [6, 6.07) is 14.3. The van der Waals surface area contributed by atoms with Gasteiger partial charge in [0.05, 0.1) is 5.75 Å². The third kappa shape index (κ3) is 3.73. The molecule has 6 nitrogen and oxygen atoms in total. The molecule has 0 bridgehead atoms. The summed E-state index contributed by atoms with van der Waals surface area (Å²) in [4.78, 5) is 12.5. The lowest BCUT2D eigenvalue weighted by Crippen LogP contribution is -2.16. The first kappa shape index (κ1) is 20.2. The van der Waals surface area contributed by atoms with E-state index in [1.165, 1.54) is 17.3 Å². The van der Waals surface area contributed by atoms with Gasteiger partial charge >= 0.3 is 0 Å². The van der Waals surface area contributed by atoms with Crippen molar-refractivity contribution in [1.29, 1.82) is 0 Å². The van der Waals surface area contributed by atoms with E-state index in [0.717, 1.165) is 45.3 Å². The van der Waals surface area contributed by atoms with E-state index in [2.05, 4.69) is 45.3 Å². The first-order chi connectivity index (χ1) is 14.5. The van der Waals surface area contributed by atoms with Crippen LogP contribution in [0.4, 0.5) is 5.69 Å². The Morgan fingerprint density at radius 3 is 2.53 bits per heavy atom. The van der Waals surface area contributed by atoms with Crippen LogP contribution in [0.1, 0.15) is 18.1 Å². The first-order valence-electron chi connectivity index (χ1n) is 9.96. The Kier molecular flexibility index (Phi) is 5.63. The van der Waals surface area contributed by atoms with Gasteiger partial charge in [-0.3, -0.25) is 4.79 Å². The lowest BCUT2D eigenvalue weighted by atomic mass is 10.1. The van der Waals surface area contributed by atoms with E-state index in [1.807, 2.05) is 55.8 Å². The van der Waals surface area contributed by atoms with Gasteiger partial charge in [-0.15, -0.1) is 10.2 Å². The number of carbonyl (C=O) groups excluding carboxylic acids is 1. The molecule has 7 heteroatoms. The molecule has 0 unspecified atom stereocenters. The van der Waals surface area contributed by atoms with Crippen molar-refractivity contribution in [3.63, 3.8) is 0 Å². The number of hydrogen-bond donors (Lipinski definition) is 1. The molecule has 4 rings (SSSR count). The summed E-state index contributed by atoms with van der Waals surface area (Å²) in [5.74, 6) is 1.02. The molecule has 0 aliphatic heterocycles. The van der Waals surface area contributed by atoms with Crippen molar-refractivity contribution in [3.05, 3.63) is 59.8 Å². The maximum Gasteiger partial charge on any atom is 0.234 e. The van der Waals surface area contributed by atoms with Gasteiger partial charge in [0, 0.05) is 41.9 Å². The molecule has 1 N–H and O–H groups in total. The molecule has 0 saturated carbocycles. The van der Waals surface area contributed by atoms with Crippen LogP contribution in [0.2, 0.25) is 0 Å². The molecule has 0 aliphatic carbocycles. The van der Waals surface area contributed by atoms with Crippen molar-refractivity contribution in [2.24, 2.45) is 7.05 Å². The third-order valence-corrected chi connectivity index (χ3v) is 6.30. The second kappa shape index (κ2) is 8.36. The Morgan fingerprint density at radius 2 is 1.80 bits per heavy atom. The summed E-state index contributed by atoms with van der Waals surface area (Å²) in [6.07, 6.45) is 2.12. The lowest BCUT2D eigenvalue weighted by molar-refractivity contribution is -0.113. The fourth-order valence-corrected chi connectivity index (χ4v) is 4.39. The highest BCUT2D eigenvalue weighted by molar-refractivity contribution is 7.99. The number of amides is 1. The van der Waals surface area contributed by atoms with Gasteiger partial charge in [0.15, 0.2) is 11.0 Å². The number of thioether (sulfide) groups is 1. The van der Waals surface area contributed by atoms with Gasteiger partial charge in [-0.1, -0.05) is 48.2 Å². The van der Waals surface area contributed by atoms with Crippen LogP contribution in [0.25, 0.3) is 22.3 Å². The molecular weight excluding hydrogens is 394 g/mol. The Bertz CT molecular complexity index is 1200. The van der Waals surface area contributed by atoms with Gasteiger partial charge in [-0.05, 0) is 38.0 Å². The highest BCUT2D eigenvalue weighted by Crippen LogP contribution is 2.31. The predicted molar refractivity (Wildman–Crippen MR) is 123 cm³/mol. The Labute approximate surface area is 180 Å². The number of rotatable bonds is 6. The Balaban J connectivity index is 1.53. The number of nitrogens with one attached hydrogen (secondary N) is 1. The quantitative estimate of drug-likeness (QED) is 0.456. The minimum Gasteiger partial charge on any atom is -0.347 e. The smallest absolute Gasteiger partial charge is 0.234 e. The molecular formula is C23H25N5OS. The summed E-state index contributed by atoms with van der Waals surface area (Å²) >= 11 is 1.39. The standard InChI is InChI=1S/C23H25N5OS/c1-5-28-13-18(17-11-6-7-12-19(17)28)22-25-26-23(27(22)4)30-14-20(29)24-21-15(2)9-8-10-16(21)3/h6-13H,5,14H2,1-4H3,(H,24,29). The van der Waals surface area contributed by atoms with Crippen LogP contribution in [0.3, 0.4) is 0 Å². The molecule has 2 aromatic heterocycles. The highest BCUT2D eigenvalue weighted by Gasteiger charge is 2.17. The molecule has 154 valence electrons. The molecule has 1 amide bonds. The zero-order valence-electron chi connectivity index (χ0n) is 17.6. The summed E-state index contributed by atoms with van der Waals surface area (Å²) in [5, 5.41) is 13.6. The molecule has 0 spiro atoms. The van der Waals surface area contributed by atoms with Crippen molar-refractivity contribution in [2.75, 3.05) is 11.1 Å². The van der Waals surface area contributed by atoms with Crippen LogP contribution in [0.15, 0.2) is 53.8 Å². The Morgan fingerprint density at radius 1 is 1.07 bits per heavy atom. The maximum absolute atomic E-state index is 12.5. The van der Waals surface area contributed by atoms with Crippen LogP contribution in [-0.4, -0.2) is 31.0 Å². The van der Waals surface area contributed by atoms with Gasteiger partial charge in [0.2, 0.25) is 5.91 Å². The minimum absolute atomic E-state index is 0.0514. The molecule has 2 aromatic carbocycles. The van der Waals surface area contributed by atoms with E-state index in [0.29, 0.717) is 0 Å². The second-order valence-electron chi connectivity index (χ2n) is 7.31. The predicted octanol–water partition coefficient (Wildman–Crippen LogP) is 4.80. The van der Waals surface area contributed by atoms with Crippen LogP contribution in [0, 0.1) is 13.8 Å². The molecule has 0 saturated heterocycles. The van der Waals surface area contributed by atoms with E-state index in [1.54, 1.807) is 0 Å². The zero-order valence-corrected chi connectivity index (χ0v) is 18.5. The monoisotopic (exact) mass is 419 g/mol. The van der Waals surface area contributed by atoms with E-state index >= 15 is 0 Å². The number of para-hydroxylation sites is 2. The average Bonchev–Trinajstić information content (AvgIpc) is 3.29. The van der Waals surface area contributed by atoms with E-state index in [4.69, 9.17) is 0 Å². The number of fused-ring (bicyclic) bond motifs is 1. The minimum atomic E-state index is -0.0514. The molecule has 0 fully saturated rings. The SMILES string of the molecule is CCn1cc(-c2nnc(SCC(=O)Nc3c(C)cccc3C)n2C)c2ccccc21. The number of aromatic nitrogens is 4. The summed E-state index contributed by atoms with van der Waals surface area (Å²) in [6.45, 7) is 7.01.